The maximum Gasteiger partial charge on any atom is 0.347 e. The number of anilines is 1. The van der Waals surface area contributed by atoms with Crippen molar-refractivity contribution in [3.8, 4) is 0 Å². The lowest BCUT2D eigenvalue weighted by Crippen LogP contribution is -2.48. The summed E-state index contributed by atoms with van der Waals surface area (Å²) in [6.45, 7) is 1.67. The number of benzene rings is 1. The molecule has 1 aliphatic heterocycles. The second-order valence-corrected chi connectivity index (χ2v) is 6.34. The third-order valence-corrected chi connectivity index (χ3v) is 4.33. The molecule has 0 fully saturated rings. The van der Waals surface area contributed by atoms with Gasteiger partial charge in [-0.25, -0.2) is 18.2 Å². The minimum absolute atomic E-state index is 0.299. The van der Waals surface area contributed by atoms with E-state index < -0.39 is 27.2 Å². The van der Waals surface area contributed by atoms with Gasteiger partial charge in [0.15, 0.2) is 5.25 Å². The summed E-state index contributed by atoms with van der Waals surface area (Å²) in [6.07, 6.45) is 0.800. The molecular formula is C11H10ClN3O4S. The molecule has 0 bridgehead atoms. The van der Waals surface area contributed by atoms with E-state index >= 15 is 0 Å². The van der Waals surface area contributed by atoms with Crippen LogP contribution in [-0.4, -0.2) is 31.8 Å². The highest BCUT2D eigenvalue weighted by Gasteiger charge is 2.35. The molecule has 106 valence electrons. The highest BCUT2D eigenvalue weighted by atomic mass is 35.5. The number of nitrogens with zero attached hydrogens (tertiary/aromatic N) is 1. The van der Waals surface area contributed by atoms with Crippen molar-refractivity contribution in [1.29, 1.82) is 0 Å². The third kappa shape index (κ3) is 2.97. The van der Waals surface area contributed by atoms with Crippen molar-refractivity contribution >= 4 is 45.5 Å². The topological polar surface area (TPSA) is 105 Å². The Morgan fingerprint density at radius 3 is 2.65 bits per heavy atom. The number of hydrogen-bond donors (Lipinski definition) is 2. The van der Waals surface area contributed by atoms with E-state index in [1.165, 1.54) is 12.1 Å². The molecule has 0 aliphatic carbocycles. The van der Waals surface area contributed by atoms with E-state index in [1.807, 2.05) is 5.32 Å². The number of aryl methyl sites for hydroxylation is 1. The highest BCUT2D eigenvalue weighted by molar-refractivity contribution is 7.94. The lowest BCUT2D eigenvalue weighted by atomic mass is 10.2. The van der Waals surface area contributed by atoms with E-state index in [-0.39, 0.29) is 0 Å². The van der Waals surface area contributed by atoms with Crippen LogP contribution in [0.15, 0.2) is 23.2 Å². The molecule has 0 spiro atoms. The summed E-state index contributed by atoms with van der Waals surface area (Å²) in [5.74, 6) is -0.941. The van der Waals surface area contributed by atoms with Crippen LogP contribution in [0, 0.1) is 6.92 Å². The van der Waals surface area contributed by atoms with E-state index in [9.17, 15) is 18.0 Å². The second kappa shape index (κ2) is 5.22. The average molecular weight is 316 g/mol. The average Bonchev–Trinajstić information content (AvgIpc) is 2.32. The first kappa shape index (κ1) is 14.5. The molecule has 1 unspecified atom stereocenters. The number of aliphatic imine (C=N–C) groups is 1. The summed E-state index contributed by atoms with van der Waals surface area (Å²) >= 11 is 5.78. The zero-order valence-electron chi connectivity index (χ0n) is 10.3. The van der Waals surface area contributed by atoms with Crippen molar-refractivity contribution in [1.82, 2.24) is 5.32 Å². The number of halogens is 1. The number of imide groups is 1. The Morgan fingerprint density at radius 1 is 1.35 bits per heavy atom. The quantitative estimate of drug-likeness (QED) is 0.870. The summed E-state index contributed by atoms with van der Waals surface area (Å²) < 4.78 is 26.5. The largest absolute Gasteiger partial charge is 0.347 e. The molecule has 0 saturated heterocycles. The van der Waals surface area contributed by atoms with Crippen LogP contribution in [0.1, 0.15) is 5.56 Å². The first-order valence-corrected chi connectivity index (χ1v) is 7.39. The smallest absolute Gasteiger partial charge is 0.282 e. The molecule has 2 N–H and O–H groups in total. The Balaban J connectivity index is 2.30. The van der Waals surface area contributed by atoms with Crippen molar-refractivity contribution in [3.05, 3.63) is 28.8 Å². The highest BCUT2D eigenvalue weighted by Crippen LogP contribution is 2.21. The molecule has 20 heavy (non-hydrogen) atoms. The van der Waals surface area contributed by atoms with Gasteiger partial charge in [-0.05, 0) is 30.7 Å². The number of carbonyl (C=O) groups is 2. The van der Waals surface area contributed by atoms with E-state index in [4.69, 9.17) is 11.6 Å². The molecule has 1 aliphatic rings. The van der Waals surface area contributed by atoms with Gasteiger partial charge in [-0.3, -0.25) is 14.8 Å². The standard InChI is InChI=1S/C11H10ClN3O4S/c1-6-4-7(12)2-3-8(6)15-20(18,19)9-5-13-11(17)14-10(9)16/h2-5,9,15H,1H3,(H,14,16,17). The van der Waals surface area contributed by atoms with Gasteiger partial charge in [0.2, 0.25) is 10.0 Å². The SMILES string of the molecule is Cc1cc(Cl)ccc1NS(=O)(=O)C1C=NC(=O)NC1=O. The van der Waals surface area contributed by atoms with Crippen LogP contribution in [0.25, 0.3) is 0 Å². The maximum atomic E-state index is 12.1. The maximum absolute atomic E-state index is 12.1. The second-order valence-electron chi connectivity index (χ2n) is 4.10. The minimum atomic E-state index is -4.05. The zero-order valence-corrected chi connectivity index (χ0v) is 11.8. The van der Waals surface area contributed by atoms with Crippen molar-refractivity contribution in [2.45, 2.75) is 12.2 Å². The molecule has 3 amide bonds. The molecule has 0 aromatic heterocycles. The fraction of sp³-hybridized carbons (Fsp3) is 0.182. The molecule has 1 aromatic rings. The van der Waals surface area contributed by atoms with Crippen molar-refractivity contribution in [3.63, 3.8) is 0 Å². The van der Waals surface area contributed by atoms with E-state index in [2.05, 4.69) is 9.71 Å². The van der Waals surface area contributed by atoms with Crippen molar-refractivity contribution in [2.75, 3.05) is 4.72 Å². The van der Waals surface area contributed by atoms with Gasteiger partial charge >= 0.3 is 6.03 Å². The summed E-state index contributed by atoms with van der Waals surface area (Å²) in [7, 11) is -4.05. The minimum Gasteiger partial charge on any atom is -0.282 e. The summed E-state index contributed by atoms with van der Waals surface area (Å²) in [5, 5.41) is 0.735. The van der Waals surface area contributed by atoms with Crippen LogP contribution in [-0.2, 0) is 14.8 Å². The molecule has 1 atom stereocenters. The molecule has 2 rings (SSSR count). The summed E-state index contributed by atoms with van der Waals surface area (Å²) in [4.78, 5) is 25.6. The van der Waals surface area contributed by atoms with Crippen LogP contribution in [0.4, 0.5) is 10.5 Å². The van der Waals surface area contributed by atoms with Crippen LogP contribution in [0.2, 0.25) is 5.02 Å². The number of carbonyl (C=O) groups excluding carboxylic acids is 2. The Kier molecular flexibility index (Phi) is 3.78. The van der Waals surface area contributed by atoms with Crippen molar-refractivity contribution in [2.24, 2.45) is 4.99 Å². The number of rotatable bonds is 3. The fourth-order valence-corrected chi connectivity index (χ4v) is 3.04. The van der Waals surface area contributed by atoms with Gasteiger partial charge in [0.1, 0.15) is 0 Å². The van der Waals surface area contributed by atoms with Crippen molar-refractivity contribution < 1.29 is 18.0 Å². The van der Waals surface area contributed by atoms with Gasteiger partial charge in [0, 0.05) is 11.2 Å². The van der Waals surface area contributed by atoms with E-state index in [0.29, 0.717) is 16.3 Å². The van der Waals surface area contributed by atoms with Gasteiger partial charge in [-0.1, -0.05) is 11.6 Å². The van der Waals surface area contributed by atoms with Gasteiger partial charge < -0.3 is 0 Å². The number of urea groups is 1. The molecule has 0 radical (unpaired) electrons. The van der Waals surface area contributed by atoms with Gasteiger partial charge in [-0.2, -0.15) is 0 Å². The Labute approximate surface area is 120 Å². The lowest BCUT2D eigenvalue weighted by molar-refractivity contribution is -0.118. The number of amides is 3. The Hall–Kier alpha value is -1.93. The summed E-state index contributed by atoms with van der Waals surface area (Å²) in [5.41, 5.74) is 0.901. The number of nitrogens with one attached hydrogen (secondary N) is 2. The normalized spacial score (nSPS) is 18.8. The molecule has 0 saturated carbocycles. The first-order chi connectivity index (χ1) is 9.29. The first-order valence-electron chi connectivity index (χ1n) is 5.46. The summed E-state index contributed by atoms with van der Waals surface area (Å²) in [6, 6.07) is 3.70. The van der Waals surface area contributed by atoms with Crippen LogP contribution < -0.4 is 10.0 Å². The molecule has 7 nitrogen and oxygen atoms in total. The van der Waals surface area contributed by atoms with Crippen LogP contribution in [0.5, 0.6) is 0 Å². The Bertz CT molecular complexity index is 714. The van der Waals surface area contributed by atoms with Crippen LogP contribution in [0.3, 0.4) is 0 Å². The third-order valence-electron chi connectivity index (χ3n) is 2.59. The molecule has 1 heterocycles. The van der Waals surface area contributed by atoms with Gasteiger partial charge in [0.05, 0.1) is 5.69 Å². The van der Waals surface area contributed by atoms with Crippen LogP contribution >= 0.6 is 11.6 Å². The predicted molar refractivity (Wildman–Crippen MR) is 74.6 cm³/mol. The predicted octanol–water partition coefficient (Wildman–Crippen LogP) is 1.08. The fourth-order valence-electron chi connectivity index (χ4n) is 1.59. The van der Waals surface area contributed by atoms with E-state index in [0.717, 1.165) is 6.21 Å². The van der Waals surface area contributed by atoms with Gasteiger partial charge in [-0.15, -0.1) is 0 Å². The molecular weight excluding hydrogens is 306 g/mol. The zero-order chi connectivity index (χ0) is 14.9. The lowest BCUT2D eigenvalue weighted by Gasteiger charge is -2.17. The monoisotopic (exact) mass is 315 g/mol. The number of sulfonamides is 1. The number of hydrogen-bond acceptors (Lipinski definition) is 4. The molecule has 1 aromatic carbocycles. The van der Waals surface area contributed by atoms with E-state index in [1.54, 1.807) is 13.0 Å². The molecule has 9 heteroatoms. The van der Waals surface area contributed by atoms with Gasteiger partial charge in [0.25, 0.3) is 5.91 Å². The Morgan fingerprint density at radius 2 is 2.05 bits per heavy atom.